The van der Waals surface area contributed by atoms with Gasteiger partial charge in [0.15, 0.2) is 12.6 Å². The molecular formula is C25H38O14. The highest BCUT2D eigenvalue weighted by atomic mass is 16.7. The van der Waals surface area contributed by atoms with Crippen LogP contribution >= 0.6 is 0 Å². The van der Waals surface area contributed by atoms with Gasteiger partial charge in [0, 0.05) is 6.07 Å². The summed E-state index contributed by atoms with van der Waals surface area (Å²) in [7, 11) is 0. The lowest BCUT2D eigenvalue weighted by molar-refractivity contribution is -0.313. The number of rotatable bonds is 12. The zero-order valence-corrected chi connectivity index (χ0v) is 21.4. The van der Waals surface area contributed by atoms with Gasteiger partial charge in [-0.1, -0.05) is 26.2 Å². The standard InChI is InChI=1S/C25H38O14/c1-2-3-4-5-6-11-7-12(36-24-13(9-26)17(28)19(30)22(34)38-24)8-15(16(11)21(32)33)37-25-14(10-27)18(29)20(31)23(35)39-25/h7-8,13-14,17-20,22-31,34-35H,2-6,9-10H2,1H3,(H,32,33)/t13-,14-,17-,18-,19+,20+,22+,23+,24?,25?/m1/s1. The van der Waals surface area contributed by atoms with Gasteiger partial charge in [-0.25, -0.2) is 4.79 Å². The maximum absolute atomic E-state index is 12.3. The molecule has 2 fully saturated rings. The number of carboxylic acid groups (broad SMARTS) is 1. The van der Waals surface area contributed by atoms with Crippen LogP contribution in [0.15, 0.2) is 12.1 Å². The normalized spacial score (nSPS) is 35.0. The van der Waals surface area contributed by atoms with Crippen molar-refractivity contribution < 1.29 is 69.7 Å². The van der Waals surface area contributed by atoms with Crippen LogP contribution in [0.3, 0.4) is 0 Å². The molecule has 9 N–H and O–H groups in total. The Morgan fingerprint density at radius 1 is 0.795 bits per heavy atom. The van der Waals surface area contributed by atoms with E-state index in [1.165, 1.54) is 6.07 Å². The molecule has 10 atom stereocenters. The van der Waals surface area contributed by atoms with Crippen molar-refractivity contribution in [2.24, 2.45) is 11.8 Å². The van der Waals surface area contributed by atoms with Crippen LogP contribution in [-0.4, -0.2) is 115 Å². The fourth-order valence-electron chi connectivity index (χ4n) is 4.67. The Morgan fingerprint density at radius 2 is 1.33 bits per heavy atom. The molecule has 2 aliphatic rings. The molecule has 0 spiro atoms. The topological polar surface area (TPSA) is 236 Å². The molecule has 0 radical (unpaired) electrons. The van der Waals surface area contributed by atoms with Crippen LogP contribution in [-0.2, 0) is 15.9 Å². The van der Waals surface area contributed by atoms with Gasteiger partial charge in [-0.3, -0.25) is 0 Å². The molecule has 2 heterocycles. The fraction of sp³-hybridized carbons (Fsp3) is 0.720. The molecule has 3 rings (SSSR count). The highest BCUT2D eigenvalue weighted by molar-refractivity contribution is 5.93. The number of carboxylic acids is 1. The Hall–Kier alpha value is -2.11. The summed E-state index contributed by atoms with van der Waals surface area (Å²) in [6.07, 6.45) is -9.85. The number of unbranched alkanes of at least 4 members (excludes halogenated alkanes) is 3. The smallest absolute Gasteiger partial charge is 0.339 e. The first-order valence-corrected chi connectivity index (χ1v) is 12.9. The molecular weight excluding hydrogens is 524 g/mol. The second-order valence-corrected chi connectivity index (χ2v) is 9.75. The Labute approximate surface area is 224 Å². The van der Waals surface area contributed by atoms with E-state index in [0.29, 0.717) is 6.42 Å². The van der Waals surface area contributed by atoms with Crippen LogP contribution in [0.1, 0.15) is 48.5 Å². The van der Waals surface area contributed by atoms with Crippen LogP contribution in [0, 0.1) is 11.8 Å². The van der Waals surface area contributed by atoms with Crippen molar-refractivity contribution in [3.05, 3.63) is 23.3 Å². The van der Waals surface area contributed by atoms with Gasteiger partial charge in [0.2, 0.25) is 12.6 Å². The van der Waals surface area contributed by atoms with E-state index in [1.807, 2.05) is 6.92 Å². The molecule has 14 heteroatoms. The van der Waals surface area contributed by atoms with Crippen LogP contribution in [0.2, 0.25) is 0 Å². The van der Waals surface area contributed by atoms with Crippen molar-refractivity contribution in [2.75, 3.05) is 13.2 Å². The van der Waals surface area contributed by atoms with Crippen molar-refractivity contribution in [3.63, 3.8) is 0 Å². The predicted octanol–water partition coefficient (Wildman–Crippen LogP) is -1.72. The number of aliphatic hydroxyl groups is 8. The highest BCUT2D eigenvalue weighted by Gasteiger charge is 2.46. The Kier molecular flexibility index (Phi) is 11.3. The summed E-state index contributed by atoms with van der Waals surface area (Å²) in [4.78, 5) is 12.3. The van der Waals surface area contributed by atoms with Crippen molar-refractivity contribution in [3.8, 4) is 11.5 Å². The van der Waals surface area contributed by atoms with E-state index in [0.717, 1.165) is 25.3 Å². The highest BCUT2D eigenvalue weighted by Crippen LogP contribution is 2.36. The van der Waals surface area contributed by atoms with Gasteiger partial charge in [-0.05, 0) is 24.5 Å². The number of aliphatic hydroxyl groups excluding tert-OH is 8. The summed E-state index contributed by atoms with van der Waals surface area (Å²) < 4.78 is 22.0. The number of hydrogen-bond donors (Lipinski definition) is 9. The lowest BCUT2D eigenvalue weighted by Crippen LogP contribution is -2.57. The third-order valence-corrected chi connectivity index (χ3v) is 7.00. The first-order chi connectivity index (χ1) is 18.5. The molecule has 2 unspecified atom stereocenters. The van der Waals surface area contributed by atoms with Crippen molar-refractivity contribution >= 4 is 5.97 Å². The zero-order chi connectivity index (χ0) is 28.9. The van der Waals surface area contributed by atoms with Gasteiger partial charge >= 0.3 is 5.97 Å². The number of ether oxygens (including phenoxy) is 4. The quantitative estimate of drug-likeness (QED) is 0.129. The molecule has 0 aromatic heterocycles. The molecule has 39 heavy (non-hydrogen) atoms. The van der Waals surface area contributed by atoms with Gasteiger partial charge in [0.25, 0.3) is 0 Å². The molecule has 0 aliphatic carbocycles. The van der Waals surface area contributed by atoms with E-state index in [2.05, 4.69) is 0 Å². The molecule has 1 aromatic carbocycles. The average molecular weight is 563 g/mol. The maximum atomic E-state index is 12.3. The first-order valence-electron chi connectivity index (χ1n) is 12.9. The van der Waals surface area contributed by atoms with E-state index in [-0.39, 0.29) is 29.0 Å². The fourth-order valence-corrected chi connectivity index (χ4v) is 4.67. The lowest BCUT2D eigenvalue weighted by atomic mass is 9.94. The summed E-state index contributed by atoms with van der Waals surface area (Å²) in [5.74, 6) is -4.16. The summed E-state index contributed by atoms with van der Waals surface area (Å²) in [6.45, 7) is 0.610. The molecule has 14 nitrogen and oxygen atoms in total. The van der Waals surface area contributed by atoms with Crippen LogP contribution in [0.25, 0.3) is 0 Å². The molecule has 1 aromatic rings. The van der Waals surface area contributed by atoms with E-state index < -0.39 is 80.6 Å². The molecule has 0 bridgehead atoms. The van der Waals surface area contributed by atoms with Gasteiger partial charge < -0.3 is 64.9 Å². The largest absolute Gasteiger partial charge is 0.478 e. The van der Waals surface area contributed by atoms with Crippen LogP contribution in [0.5, 0.6) is 11.5 Å². The van der Waals surface area contributed by atoms with Gasteiger partial charge in [-0.15, -0.1) is 0 Å². The molecule has 0 saturated carbocycles. The third kappa shape index (κ3) is 7.16. The zero-order valence-electron chi connectivity index (χ0n) is 21.4. The second-order valence-electron chi connectivity index (χ2n) is 9.75. The third-order valence-electron chi connectivity index (χ3n) is 7.00. The number of aryl methyl sites for hydroxylation is 1. The molecule has 0 amide bonds. The predicted molar refractivity (Wildman–Crippen MR) is 129 cm³/mol. The summed E-state index contributed by atoms with van der Waals surface area (Å²) in [5.41, 5.74) is 0.00841. The van der Waals surface area contributed by atoms with Crippen molar-refractivity contribution in [2.45, 2.75) is 88.6 Å². The monoisotopic (exact) mass is 562 g/mol. The van der Waals surface area contributed by atoms with Gasteiger partial charge in [0.05, 0.1) is 37.3 Å². The van der Waals surface area contributed by atoms with Crippen molar-refractivity contribution in [1.29, 1.82) is 0 Å². The maximum Gasteiger partial charge on any atom is 0.339 e. The van der Waals surface area contributed by atoms with Gasteiger partial charge in [-0.2, -0.15) is 0 Å². The first kappa shape index (κ1) is 31.4. The molecule has 222 valence electrons. The van der Waals surface area contributed by atoms with Crippen LogP contribution < -0.4 is 9.47 Å². The number of carbonyl (C=O) groups is 1. The Bertz CT molecular complexity index is 944. The van der Waals surface area contributed by atoms with E-state index >= 15 is 0 Å². The Balaban J connectivity index is 2.00. The van der Waals surface area contributed by atoms with Crippen LogP contribution in [0.4, 0.5) is 0 Å². The van der Waals surface area contributed by atoms with E-state index in [1.54, 1.807) is 0 Å². The summed E-state index contributed by atoms with van der Waals surface area (Å²) in [5, 5.41) is 89.7. The SMILES string of the molecule is CCCCCCc1cc(OC2O[C@H](O)[C@@H](O)[C@H](O)[C@H]2CO)cc(OC2O[C@H](O)[C@@H](O)[C@H](O)[C@H]2CO)c1C(=O)O. The summed E-state index contributed by atoms with van der Waals surface area (Å²) >= 11 is 0. The second kappa shape index (κ2) is 14.0. The minimum Gasteiger partial charge on any atom is -0.478 e. The van der Waals surface area contributed by atoms with Gasteiger partial charge in [0.1, 0.15) is 29.3 Å². The minimum atomic E-state index is -1.88. The summed E-state index contributed by atoms with van der Waals surface area (Å²) in [6, 6.07) is 2.55. The molecule has 2 saturated heterocycles. The minimum absolute atomic E-state index is 0.0442. The van der Waals surface area contributed by atoms with E-state index in [4.69, 9.17) is 18.9 Å². The lowest BCUT2D eigenvalue weighted by Gasteiger charge is -2.40. The van der Waals surface area contributed by atoms with E-state index in [9.17, 15) is 50.8 Å². The number of aromatic carboxylic acids is 1. The Morgan fingerprint density at radius 3 is 1.82 bits per heavy atom. The van der Waals surface area contributed by atoms with Crippen molar-refractivity contribution in [1.82, 2.24) is 0 Å². The number of hydrogen-bond acceptors (Lipinski definition) is 13. The average Bonchev–Trinajstić information content (AvgIpc) is 2.88. The molecule has 2 aliphatic heterocycles. The number of benzene rings is 1.